The molecule has 2 aromatic carbocycles. The number of carbonyl (C=O) groups excluding carboxylic acids is 2. The Morgan fingerprint density at radius 2 is 1.12 bits per heavy atom. The molecule has 2 N–H and O–H groups in total. The molecule has 7 heteroatoms. The van der Waals surface area contributed by atoms with Crippen LogP contribution in [0.2, 0.25) is 10.0 Å². The Bertz CT molecular complexity index is 902. The molecule has 0 fully saturated rings. The molecule has 130 valence electrons. The molecule has 0 saturated heterocycles. The number of hydrogen-bond acceptors (Lipinski definition) is 3. The minimum absolute atomic E-state index is 0.305. The van der Waals surface area contributed by atoms with Gasteiger partial charge < -0.3 is 10.6 Å². The quantitative estimate of drug-likeness (QED) is 0.671. The van der Waals surface area contributed by atoms with Gasteiger partial charge >= 0.3 is 0 Å². The lowest BCUT2D eigenvalue weighted by molar-refractivity contribution is 0.101. The third-order valence-corrected chi connectivity index (χ3v) is 3.88. The molecule has 0 aliphatic rings. The molecule has 0 spiro atoms. The molecule has 3 aromatic rings. The van der Waals surface area contributed by atoms with E-state index in [1.807, 2.05) is 0 Å². The fraction of sp³-hybridized carbons (Fsp3) is 0. The van der Waals surface area contributed by atoms with E-state index in [2.05, 4.69) is 15.6 Å². The van der Waals surface area contributed by atoms with Crippen LogP contribution < -0.4 is 10.6 Å². The number of nitrogens with one attached hydrogen (secondary N) is 2. The highest BCUT2D eigenvalue weighted by Crippen LogP contribution is 2.16. The highest BCUT2D eigenvalue weighted by Gasteiger charge is 2.10. The van der Waals surface area contributed by atoms with Crippen LogP contribution in [0.25, 0.3) is 0 Å². The van der Waals surface area contributed by atoms with Gasteiger partial charge in [0.1, 0.15) is 11.6 Å². The van der Waals surface area contributed by atoms with Crippen LogP contribution >= 0.6 is 23.2 Å². The third-order valence-electron chi connectivity index (χ3n) is 3.41. The first-order valence-corrected chi connectivity index (χ1v) is 8.38. The average Bonchev–Trinajstić information content (AvgIpc) is 2.62. The summed E-state index contributed by atoms with van der Waals surface area (Å²) in [7, 11) is 0. The van der Waals surface area contributed by atoms with Crippen LogP contribution in [0.4, 0.5) is 11.6 Å². The van der Waals surface area contributed by atoms with Crippen LogP contribution in [0, 0.1) is 0 Å². The minimum atomic E-state index is -0.349. The summed E-state index contributed by atoms with van der Waals surface area (Å²) in [4.78, 5) is 28.7. The number of halogens is 2. The summed E-state index contributed by atoms with van der Waals surface area (Å²) in [6, 6.07) is 18.1. The molecular weight excluding hydrogens is 373 g/mol. The molecule has 1 aromatic heterocycles. The number of nitrogens with zero attached hydrogens (tertiary/aromatic N) is 1. The zero-order valence-corrected chi connectivity index (χ0v) is 14.9. The number of carbonyl (C=O) groups is 2. The van der Waals surface area contributed by atoms with Crippen molar-refractivity contribution in [1.82, 2.24) is 4.98 Å². The van der Waals surface area contributed by atoms with Crippen molar-refractivity contribution in [2.45, 2.75) is 0 Å². The number of benzene rings is 2. The smallest absolute Gasteiger partial charge is 0.256 e. The molecule has 26 heavy (non-hydrogen) atoms. The SMILES string of the molecule is O=C(Nc1cccc(NC(=O)c2cccc(Cl)c2)n1)c1cccc(Cl)c1. The summed E-state index contributed by atoms with van der Waals surface area (Å²) in [5, 5.41) is 6.27. The summed E-state index contributed by atoms with van der Waals surface area (Å²) in [5.74, 6) is -0.0885. The zero-order chi connectivity index (χ0) is 18.5. The van der Waals surface area contributed by atoms with Crippen molar-refractivity contribution < 1.29 is 9.59 Å². The number of hydrogen-bond donors (Lipinski definition) is 2. The predicted octanol–water partition coefficient (Wildman–Crippen LogP) is 4.89. The van der Waals surface area contributed by atoms with Crippen LogP contribution in [-0.2, 0) is 0 Å². The second kappa shape index (κ2) is 7.99. The summed E-state index contributed by atoms with van der Waals surface area (Å²) in [6.07, 6.45) is 0. The maximum Gasteiger partial charge on any atom is 0.256 e. The first kappa shape index (κ1) is 17.9. The van der Waals surface area contributed by atoms with E-state index in [0.717, 1.165) is 0 Å². The number of amides is 2. The van der Waals surface area contributed by atoms with E-state index in [-0.39, 0.29) is 11.8 Å². The van der Waals surface area contributed by atoms with Crippen LogP contribution in [0.5, 0.6) is 0 Å². The molecule has 3 rings (SSSR count). The molecule has 1 heterocycles. The fourth-order valence-electron chi connectivity index (χ4n) is 2.21. The predicted molar refractivity (Wildman–Crippen MR) is 103 cm³/mol. The molecule has 5 nitrogen and oxygen atoms in total. The molecule has 0 atom stereocenters. The fourth-order valence-corrected chi connectivity index (χ4v) is 2.59. The van der Waals surface area contributed by atoms with E-state index in [9.17, 15) is 9.59 Å². The van der Waals surface area contributed by atoms with E-state index >= 15 is 0 Å². The normalized spacial score (nSPS) is 10.2. The monoisotopic (exact) mass is 385 g/mol. The Labute approximate surface area is 160 Å². The second-order valence-electron chi connectivity index (χ2n) is 5.34. The Morgan fingerprint density at radius 1 is 0.692 bits per heavy atom. The molecule has 0 aliphatic heterocycles. The highest BCUT2D eigenvalue weighted by atomic mass is 35.5. The molecular formula is C19H13Cl2N3O2. The van der Waals surface area contributed by atoms with Crippen molar-refractivity contribution in [2.24, 2.45) is 0 Å². The Balaban J connectivity index is 1.72. The standard InChI is InChI=1S/C19H13Cl2N3O2/c20-14-6-1-4-12(10-14)18(25)23-16-8-3-9-17(22-16)24-19(26)13-5-2-7-15(21)11-13/h1-11H,(H2,22,23,24,25,26). The highest BCUT2D eigenvalue weighted by molar-refractivity contribution is 6.31. The van der Waals surface area contributed by atoms with Gasteiger partial charge in [-0.25, -0.2) is 4.98 Å². The first-order valence-electron chi connectivity index (χ1n) is 7.62. The Morgan fingerprint density at radius 3 is 1.54 bits per heavy atom. The van der Waals surface area contributed by atoms with Crippen LogP contribution in [0.15, 0.2) is 66.7 Å². The van der Waals surface area contributed by atoms with Crippen molar-refractivity contribution in [3.63, 3.8) is 0 Å². The molecule has 0 radical (unpaired) electrons. The second-order valence-corrected chi connectivity index (χ2v) is 6.21. The van der Waals surface area contributed by atoms with E-state index in [4.69, 9.17) is 23.2 Å². The number of pyridine rings is 1. The number of anilines is 2. The minimum Gasteiger partial charge on any atom is -0.306 e. The van der Waals surface area contributed by atoms with Crippen LogP contribution in [0.3, 0.4) is 0 Å². The molecule has 2 amide bonds. The lowest BCUT2D eigenvalue weighted by Crippen LogP contribution is -2.15. The molecule has 0 aliphatic carbocycles. The van der Waals surface area contributed by atoms with Gasteiger partial charge in [0.2, 0.25) is 0 Å². The van der Waals surface area contributed by atoms with Gasteiger partial charge in [-0.3, -0.25) is 9.59 Å². The van der Waals surface area contributed by atoms with Gasteiger partial charge in [-0.1, -0.05) is 41.4 Å². The van der Waals surface area contributed by atoms with Gasteiger partial charge in [-0.05, 0) is 48.5 Å². The van der Waals surface area contributed by atoms with Crippen molar-refractivity contribution in [2.75, 3.05) is 10.6 Å². The van der Waals surface area contributed by atoms with Gasteiger partial charge in [-0.2, -0.15) is 0 Å². The van der Waals surface area contributed by atoms with Gasteiger partial charge in [-0.15, -0.1) is 0 Å². The van der Waals surface area contributed by atoms with E-state index in [1.54, 1.807) is 66.7 Å². The molecule has 0 saturated carbocycles. The zero-order valence-electron chi connectivity index (χ0n) is 13.4. The van der Waals surface area contributed by atoms with Gasteiger partial charge in [0, 0.05) is 21.2 Å². The van der Waals surface area contributed by atoms with E-state index < -0.39 is 0 Å². The maximum atomic E-state index is 12.2. The van der Waals surface area contributed by atoms with Gasteiger partial charge in [0.15, 0.2) is 0 Å². The summed E-state index contributed by atoms with van der Waals surface area (Å²) in [5.41, 5.74) is 0.820. The topological polar surface area (TPSA) is 71.1 Å². The summed E-state index contributed by atoms with van der Waals surface area (Å²) >= 11 is 11.8. The summed E-state index contributed by atoms with van der Waals surface area (Å²) in [6.45, 7) is 0. The van der Waals surface area contributed by atoms with Crippen molar-refractivity contribution >= 4 is 46.7 Å². The molecule has 0 bridgehead atoms. The van der Waals surface area contributed by atoms with Crippen LogP contribution in [-0.4, -0.2) is 16.8 Å². The Hall–Kier alpha value is -2.89. The number of aromatic nitrogens is 1. The molecule has 0 unspecified atom stereocenters. The van der Waals surface area contributed by atoms with Crippen molar-refractivity contribution in [1.29, 1.82) is 0 Å². The average molecular weight is 386 g/mol. The van der Waals surface area contributed by atoms with Crippen molar-refractivity contribution in [3.05, 3.63) is 87.9 Å². The third kappa shape index (κ3) is 4.59. The van der Waals surface area contributed by atoms with Crippen molar-refractivity contribution in [3.8, 4) is 0 Å². The largest absolute Gasteiger partial charge is 0.306 e. The maximum absolute atomic E-state index is 12.2. The lowest BCUT2D eigenvalue weighted by atomic mass is 10.2. The Kier molecular flexibility index (Phi) is 5.51. The van der Waals surface area contributed by atoms with E-state index in [1.165, 1.54) is 0 Å². The lowest BCUT2D eigenvalue weighted by Gasteiger charge is -2.08. The summed E-state index contributed by atoms with van der Waals surface area (Å²) < 4.78 is 0. The van der Waals surface area contributed by atoms with Gasteiger partial charge in [0.05, 0.1) is 0 Å². The van der Waals surface area contributed by atoms with E-state index in [0.29, 0.717) is 32.8 Å². The first-order chi connectivity index (χ1) is 12.5. The number of rotatable bonds is 4. The van der Waals surface area contributed by atoms with Gasteiger partial charge in [0.25, 0.3) is 11.8 Å². The van der Waals surface area contributed by atoms with Crippen LogP contribution in [0.1, 0.15) is 20.7 Å².